The van der Waals surface area contributed by atoms with Crippen LogP contribution in [0.1, 0.15) is 30.3 Å². The molecule has 4 rings (SSSR count). The van der Waals surface area contributed by atoms with Crippen LogP contribution < -0.4 is 10.1 Å². The van der Waals surface area contributed by atoms with E-state index in [-0.39, 0.29) is 11.7 Å². The summed E-state index contributed by atoms with van der Waals surface area (Å²) in [5, 5.41) is 12.9. The van der Waals surface area contributed by atoms with Gasteiger partial charge in [0.1, 0.15) is 23.9 Å². The summed E-state index contributed by atoms with van der Waals surface area (Å²) < 4.78 is 13.1. The minimum absolute atomic E-state index is 0.0739. The maximum absolute atomic E-state index is 12.2. The van der Waals surface area contributed by atoms with Crippen molar-refractivity contribution in [1.82, 2.24) is 20.1 Å². The van der Waals surface area contributed by atoms with E-state index < -0.39 is 0 Å². The molecule has 2 heterocycles. The molecule has 7 nitrogen and oxygen atoms in total. The highest BCUT2D eigenvalue weighted by Gasteiger charge is 2.30. The lowest BCUT2D eigenvalue weighted by Crippen LogP contribution is -2.29. The van der Waals surface area contributed by atoms with Crippen LogP contribution in [0.3, 0.4) is 0 Å². The highest BCUT2D eigenvalue weighted by Crippen LogP contribution is 2.40. The van der Waals surface area contributed by atoms with Gasteiger partial charge in [0.15, 0.2) is 5.16 Å². The first-order valence-electron chi connectivity index (χ1n) is 9.42. The third-order valence-corrected chi connectivity index (χ3v) is 5.64. The Bertz CT molecular complexity index is 939. The Morgan fingerprint density at radius 3 is 2.83 bits per heavy atom. The van der Waals surface area contributed by atoms with Crippen LogP contribution in [-0.2, 0) is 11.3 Å². The molecule has 0 unspecified atom stereocenters. The predicted octanol–water partition coefficient (Wildman–Crippen LogP) is 3.74. The molecule has 1 aromatic carbocycles. The molecule has 0 bridgehead atoms. The van der Waals surface area contributed by atoms with Crippen molar-refractivity contribution in [3.8, 4) is 5.75 Å². The van der Waals surface area contributed by atoms with Gasteiger partial charge in [0.2, 0.25) is 5.91 Å². The summed E-state index contributed by atoms with van der Waals surface area (Å²) in [4.78, 5) is 12.2. The van der Waals surface area contributed by atoms with E-state index in [4.69, 9.17) is 20.8 Å². The van der Waals surface area contributed by atoms with E-state index in [0.29, 0.717) is 30.6 Å². The molecule has 1 aliphatic rings. The number of rotatable bonds is 10. The number of halogens is 1. The molecule has 0 saturated heterocycles. The number of thioether (sulfide) groups is 1. The molecule has 0 aliphatic heterocycles. The number of hydrogen-bond donors (Lipinski definition) is 1. The Balaban J connectivity index is 1.25. The molecule has 29 heavy (non-hydrogen) atoms. The average Bonchev–Trinajstić information content (AvgIpc) is 3.29. The Morgan fingerprint density at radius 2 is 2.10 bits per heavy atom. The fourth-order valence-corrected chi connectivity index (χ4v) is 3.73. The van der Waals surface area contributed by atoms with Crippen molar-refractivity contribution in [3.63, 3.8) is 0 Å². The number of hydrogen-bond acceptors (Lipinski definition) is 6. The largest absolute Gasteiger partial charge is 0.492 e. The molecule has 152 valence electrons. The van der Waals surface area contributed by atoms with Gasteiger partial charge < -0.3 is 14.5 Å². The average molecular weight is 433 g/mol. The molecule has 0 radical (unpaired) electrons. The lowest BCUT2D eigenvalue weighted by Gasteiger charge is -2.09. The zero-order valence-corrected chi connectivity index (χ0v) is 17.3. The van der Waals surface area contributed by atoms with Gasteiger partial charge >= 0.3 is 0 Å². The number of amides is 1. The Hall–Kier alpha value is -2.45. The lowest BCUT2D eigenvalue weighted by molar-refractivity contribution is -0.118. The minimum Gasteiger partial charge on any atom is -0.492 e. The summed E-state index contributed by atoms with van der Waals surface area (Å²) in [6, 6.07) is 10.9. The van der Waals surface area contributed by atoms with Crippen molar-refractivity contribution in [2.75, 3.05) is 18.9 Å². The number of furan rings is 1. The van der Waals surface area contributed by atoms with E-state index >= 15 is 0 Å². The summed E-state index contributed by atoms with van der Waals surface area (Å²) in [6.45, 7) is 1.39. The first kappa shape index (κ1) is 19.8. The zero-order chi connectivity index (χ0) is 20.1. The summed E-state index contributed by atoms with van der Waals surface area (Å²) in [7, 11) is 0. The van der Waals surface area contributed by atoms with Crippen molar-refractivity contribution >= 4 is 29.3 Å². The van der Waals surface area contributed by atoms with Gasteiger partial charge in [-0.05, 0) is 49.2 Å². The number of nitrogens with zero attached hydrogens (tertiary/aromatic N) is 3. The molecule has 0 spiro atoms. The van der Waals surface area contributed by atoms with Crippen LogP contribution in [0.4, 0.5) is 0 Å². The fraction of sp³-hybridized carbons (Fsp3) is 0.350. The summed E-state index contributed by atoms with van der Waals surface area (Å²) in [5.41, 5.74) is 0. The van der Waals surface area contributed by atoms with Crippen molar-refractivity contribution in [2.24, 2.45) is 0 Å². The van der Waals surface area contributed by atoms with E-state index in [2.05, 4.69) is 20.1 Å². The van der Waals surface area contributed by atoms with E-state index in [1.54, 1.807) is 30.5 Å². The van der Waals surface area contributed by atoms with E-state index in [0.717, 1.165) is 35.3 Å². The van der Waals surface area contributed by atoms with Crippen LogP contribution in [0.2, 0.25) is 5.02 Å². The standard InChI is InChI=1S/C20H21ClN4O3S/c21-15-5-7-16(8-6-15)28-11-9-22-18(26)13-29-20-24-23-19(14-3-4-14)25(20)12-17-2-1-10-27-17/h1-2,5-8,10,14H,3-4,9,11-13H2,(H,22,26). The van der Waals surface area contributed by atoms with Gasteiger partial charge in [-0.1, -0.05) is 23.4 Å². The number of benzene rings is 1. The van der Waals surface area contributed by atoms with E-state index in [1.165, 1.54) is 11.8 Å². The van der Waals surface area contributed by atoms with Gasteiger partial charge in [0, 0.05) is 10.9 Å². The van der Waals surface area contributed by atoms with Gasteiger partial charge in [0.05, 0.1) is 25.1 Å². The molecule has 1 aliphatic carbocycles. The highest BCUT2D eigenvalue weighted by molar-refractivity contribution is 7.99. The second-order valence-corrected chi connectivity index (χ2v) is 8.10. The maximum atomic E-state index is 12.2. The molecule has 0 atom stereocenters. The zero-order valence-electron chi connectivity index (χ0n) is 15.7. The van der Waals surface area contributed by atoms with Crippen LogP contribution in [0, 0.1) is 0 Å². The number of carbonyl (C=O) groups excluding carboxylic acids is 1. The quantitative estimate of drug-likeness (QED) is 0.388. The highest BCUT2D eigenvalue weighted by atomic mass is 35.5. The second kappa shape index (κ2) is 9.37. The van der Waals surface area contributed by atoms with E-state index in [9.17, 15) is 4.79 Å². The van der Waals surface area contributed by atoms with Gasteiger partial charge in [0.25, 0.3) is 0 Å². The van der Waals surface area contributed by atoms with Gasteiger partial charge in [-0.25, -0.2) is 0 Å². The Labute approximate surface area is 177 Å². The number of ether oxygens (including phenoxy) is 1. The molecule has 1 amide bonds. The first-order chi connectivity index (χ1) is 14.2. The number of carbonyl (C=O) groups is 1. The van der Waals surface area contributed by atoms with Crippen LogP contribution in [0.15, 0.2) is 52.2 Å². The SMILES string of the molecule is O=C(CSc1nnc(C2CC2)n1Cc1ccco1)NCCOc1ccc(Cl)cc1. The molecule has 9 heteroatoms. The van der Waals surface area contributed by atoms with Crippen molar-refractivity contribution < 1.29 is 13.9 Å². The second-order valence-electron chi connectivity index (χ2n) is 6.72. The smallest absolute Gasteiger partial charge is 0.230 e. The number of nitrogens with one attached hydrogen (secondary N) is 1. The molecule has 1 N–H and O–H groups in total. The summed E-state index contributed by atoms with van der Waals surface area (Å²) >= 11 is 7.22. The Morgan fingerprint density at radius 1 is 1.28 bits per heavy atom. The summed E-state index contributed by atoms with van der Waals surface area (Å²) in [5.74, 6) is 3.19. The molecular formula is C20H21ClN4O3S. The van der Waals surface area contributed by atoms with E-state index in [1.807, 2.05) is 12.1 Å². The molecule has 1 saturated carbocycles. The van der Waals surface area contributed by atoms with Crippen LogP contribution in [-0.4, -0.2) is 39.6 Å². The molecule has 2 aromatic heterocycles. The van der Waals surface area contributed by atoms with Crippen LogP contribution in [0.5, 0.6) is 5.75 Å². The molecule has 1 fully saturated rings. The first-order valence-corrected chi connectivity index (χ1v) is 10.8. The van der Waals surface area contributed by atoms with Gasteiger partial charge in [-0.2, -0.15) is 0 Å². The monoisotopic (exact) mass is 432 g/mol. The third kappa shape index (κ3) is 5.55. The van der Waals surface area contributed by atoms with Crippen LogP contribution >= 0.6 is 23.4 Å². The Kier molecular flexibility index (Phi) is 6.41. The van der Waals surface area contributed by atoms with Gasteiger partial charge in [-0.3, -0.25) is 9.36 Å². The minimum atomic E-state index is -0.0739. The van der Waals surface area contributed by atoms with Gasteiger partial charge in [-0.15, -0.1) is 10.2 Å². The van der Waals surface area contributed by atoms with Crippen molar-refractivity contribution in [3.05, 3.63) is 59.3 Å². The summed E-state index contributed by atoms with van der Waals surface area (Å²) in [6.07, 6.45) is 3.92. The maximum Gasteiger partial charge on any atom is 0.230 e. The number of aromatic nitrogens is 3. The van der Waals surface area contributed by atoms with Crippen LogP contribution in [0.25, 0.3) is 0 Å². The lowest BCUT2D eigenvalue weighted by atomic mass is 10.3. The predicted molar refractivity (Wildman–Crippen MR) is 110 cm³/mol. The normalized spacial score (nSPS) is 13.4. The fourth-order valence-electron chi connectivity index (χ4n) is 2.83. The van der Waals surface area contributed by atoms with Crippen molar-refractivity contribution in [2.45, 2.75) is 30.5 Å². The molecular weight excluding hydrogens is 412 g/mol. The third-order valence-electron chi connectivity index (χ3n) is 4.42. The molecule has 3 aromatic rings. The van der Waals surface area contributed by atoms with Crippen molar-refractivity contribution in [1.29, 1.82) is 0 Å². The topological polar surface area (TPSA) is 82.2 Å².